The Bertz CT molecular complexity index is 1260. The van der Waals surface area contributed by atoms with Crippen LogP contribution in [-0.4, -0.2) is 14.4 Å². The summed E-state index contributed by atoms with van der Waals surface area (Å²) in [5, 5.41) is 0.861. The minimum Gasteiger partial charge on any atom is -0.464 e. The Morgan fingerprint density at radius 3 is 2.67 bits per heavy atom. The van der Waals surface area contributed by atoms with E-state index < -0.39 is 0 Å². The van der Waals surface area contributed by atoms with Crippen molar-refractivity contribution in [1.29, 1.82) is 0 Å². The number of hydrogen-bond acceptors (Lipinski definition) is 4. The Morgan fingerprint density at radius 1 is 0.963 bits per heavy atom. The van der Waals surface area contributed by atoms with Gasteiger partial charge in [-0.05, 0) is 61.4 Å². The number of imidazole rings is 1. The standard InChI is InChI=1S/C22H17N3O2/c1-14-12-16(27-22-17-7-11-26-19(17)6-8-24-22)13-15(2)21(14)18-4-3-5-20-23-9-10-25(18)20/h3-13H,1-2H3. The zero-order valence-electron chi connectivity index (χ0n) is 15.0. The van der Waals surface area contributed by atoms with E-state index in [-0.39, 0.29) is 0 Å². The number of furan rings is 1. The molecule has 0 aliphatic heterocycles. The van der Waals surface area contributed by atoms with Crippen molar-refractivity contribution >= 4 is 16.6 Å². The third-order valence-electron chi connectivity index (χ3n) is 4.75. The Labute approximate surface area is 155 Å². The summed E-state index contributed by atoms with van der Waals surface area (Å²) in [6, 6.07) is 13.9. The number of nitrogens with zero attached hydrogens (tertiary/aromatic N) is 3. The van der Waals surface area contributed by atoms with Gasteiger partial charge < -0.3 is 9.15 Å². The highest BCUT2D eigenvalue weighted by molar-refractivity contribution is 5.82. The summed E-state index contributed by atoms with van der Waals surface area (Å²) >= 11 is 0. The van der Waals surface area contributed by atoms with Gasteiger partial charge in [0.1, 0.15) is 17.0 Å². The van der Waals surface area contributed by atoms with E-state index in [9.17, 15) is 0 Å². The molecule has 0 aliphatic carbocycles. The lowest BCUT2D eigenvalue weighted by atomic mass is 9.99. The minimum atomic E-state index is 0.546. The monoisotopic (exact) mass is 355 g/mol. The van der Waals surface area contributed by atoms with E-state index in [4.69, 9.17) is 9.15 Å². The van der Waals surface area contributed by atoms with Gasteiger partial charge in [-0.3, -0.25) is 4.40 Å². The fourth-order valence-electron chi connectivity index (χ4n) is 3.60. The van der Waals surface area contributed by atoms with Crippen LogP contribution in [0.4, 0.5) is 0 Å². The van der Waals surface area contributed by atoms with Gasteiger partial charge in [0, 0.05) is 24.2 Å². The fraction of sp³-hybridized carbons (Fsp3) is 0.0909. The van der Waals surface area contributed by atoms with E-state index in [1.807, 2.05) is 48.8 Å². The number of ether oxygens (including phenoxy) is 1. The molecule has 0 unspecified atom stereocenters. The van der Waals surface area contributed by atoms with Crippen LogP contribution in [0.25, 0.3) is 27.9 Å². The van der Waals surface area contributed by atoms with Crippen LogP contribution in [0.15, 0.2) is 71.7 Å². The molecule has 5 rings (SSSR count). The summed E-state index contributed by atoms with van der Waals surface area (Å²) in [6.07, 6.45) is 7.13. The second kappa shape index (κ2) is 5.99. The predicted molar refractivity (Wildman–Crippen MR) is 104 cm³/mol. The number of aryl methyl sites for hydroxylation is 2. The molecule has 0 fully saturated rings. The van der Waals surface area contributed by atoms with Gasteiger partial charge in [-0.2, -0.15) is 0 Å². The first-order valence-electron chi connectivity index (χ1n) is 8.74. The van der Waals surface area contributed by atoms with Crippen LogP contribution in [0.3, 0.4) is 0 Å². The molecule has 4 aromatic heterocycles. The van der Waals surface area contributed by atoms with E-state index in [0.717, 1.165) is 39.2 Å². The lowest BCUT2D eigenvalue weighted by molar-refractivity contribution is 0.468. The first-order valence-corrected chi connectivity index (χ1v) is 8.74. The molecule has 5 nitrogen and oxygen atoms in total. The quantitative estimate of drug-likeness (QED) is 0.426. The molecule has 5 aromatic rings. The minimum absolute atomic E-state index is 0.546. The van der Waals surface area contributed by atoms with Crippen molar-refractivity contribution in [3.05, 3.63) is 78.4 Å². The Hall–Kier alpha value is -3.60. The van der Waals surface area contributed by atoms with Gasteiger partial charge in [-0.15, -0.1) is 0 Å². The first kappa shape index (κ1) is 15.6. The van der Waals surface area contributed by atoms with Crippen molar-refractivity contribution in [2.75, 3.05) is 0 Å². The van der Waals surface area contributed by atoms with Crippen molar-refractivity contribution in [2.24, 2.45) is 0 Å². The van der Waals surface area contributed by atoms with Crippen LogP contribution >= 0.6 is 0 Å². The van der Waals surface area contributed by atoms with Crippen LogP contribution in [0.5, 0.6) is 11.6 Å². The second-order valence-electron chi connectivity index (χ2n) is 6.55. The molecule has 0 radical (unpaired) electrons. The molecule has 0 saturated carbocycles. The van der Waals surface area contributed by atoms with Crippen molar-refractivity contribution in [1.82, 2.24) is 14.4 Å². The Kier molecular flexibility index (Phi) is 3.47. The highest BCUT2D eigenvalue weighted by Gasteiger charge is 2.13. The van der Waals surface area contributed by atoms with Crippen molar-refractivity contribution in [2.45, 2.75) is 13.8 Å². The molecular formula is C22H17N3O2. The number of benzene rings is 1. The first-order chi connectivity index (χ1) is 13.2. The van der Waals surface area contributed by atoms with E-state index >= 15 is 0 Å². The van der Waals surface area contributed by atoms with Gasteiger partial charge in [-0.1, -0.05) is 6.07 Å². The summed E-state index contributed by atoms with van der Waals surface area (Å²) < 4.78 is 13.6. The topological polar surface area (TPSA) is 52.6 Å². The van der Waals surface area contributed by atoms with Gasteiger partial charge in [0.2, 0.25) is 5.88 Å². The zero-order valence-corrected chi connectivity index (χ0v) is 15.0. The molecule has 0 bridgehead atoms. The lowest BCUT2D eigenvalue weighted by Gasteiger charge is -2.15. The molecule has 0 N–H and O–H groups in total. The van der Waals surface area contributed by atoms with Crippen LogP contribution in [0, 0.1) is 13.8 Å². The molecule has 4 heterocycles. The third kappa shape index (κ3) is 2.56. The largest absolute Gasteiger partial charge is 0.464 e. The lowest BCUT2D eigenvalue weighted by Crippen LogP contribution is -1.97. The van der Waals surface area contributed by atoms with Gasteiger partial charge >= 0.3 is 0 Å². The van der Waals surface area contributed by atoms with Crippen molar-refractivity contribution < 1.29 is 9.15 Å². The second-order valence-corrected chi connectivity index (χ2v) is 6.55. The molecule has 0 saturated heterocycles. The maximum Gasteiger partial charge on any atom is 0.230 e. The van der Waals surface area contributed by atoms with Crippen LogP contribution in [0.2, 0.25) is 0 Å². The molecule has 132 valence electrons. The Balaban J connectivity index is 1.60. The molecule has 27 heavy (non-hydrogen) atoms. The van der Waals surface area contributed by atoms with Crippen LogP contribution < -0.4 is 4.74 Å². The normalized spacial score (nSPS) is 11.3. The average molecular weight is 355 g/mol. The number of fused-ring (bicyclic) bond motifs is 2. The van der Waals surface area contributed by atoms with Gasteiger partial charge in [0.15, 0.2) is 0 Å². The molecule has 0 atom stereocenters. The molecular weight excluding hydrogens is 338 g/mol. The van der Waals surface area contributed by atoms with E-state index in [2.05, 4.69) is 34.3 Å². The van der Waals surface area contributed by atoms with Crippen LogP contribution in [-0.2, 0) is 0 Å². The molecule has 0 amide bonds. The summed E-state index contributed by atoms with van der Waals surface area (Å²) in [4.78, 5) is 8.74. The maximum atomic E-state index is 6.08. The van der Waals surface area contributed by atoms with Gasteiger partial charge in [0.25, 0.3) is 0 Å². The molecule has 0 spiro atoms. The number of hydrogen-bond donors (Lipinski definition) is 0. The summed E-state index contributed by atoms with van der Waals surface area (Å²) in [6.45, 7) is 4.19. The third-order valence-corrected chi connectivity index (χ3v) is 4.75. The Morgan fingerprint density at radius 2 is 1.81 bits per heavy atom. The average Bonchev–Trinajstić information content (AvgIpc) is 3.31. The SMILES string of the molecule is Cc1cc(Oc2nccc3occc23)cc(C)c1-c1cccc2nccn12. The van der Waals surface area contributed by atoms with E-state index in [1.165, 1.54) is 5.56 Å². The highest BCUT2D eigenvalue weighted by atomic mass is 16.5. The molecule has 0 aliphatic rings. The predicted octanol–water partition coefficient (Wildman–Crippen LogP) is 5.55. The van der Waals surface area contributed by atoms with Gasteiger partial charge in [-0.25, -0.2) is 9.97 Å². The molecule has 1 aromatic carbocycles. The summed E-state index contributed by atoms with van der Waals surface area (Å²) in [5.74, 6) is 1.30. The van der Waals surface area contributed by atoms with Crippen LogP contribution in [0.1, 0.15) is 11.1 Å². The number of pyridine rings is 2. The number of rotatable bonds is 3. The highest BCUT2D eigenvalue weighted by Crippen LogP contribution is 2.34. The smallest absolute Gasteiger partial charge is 0.230 e. The van der Waals surface area contributed by atoms with E-state index in [0.29, 0.717) is 5.88 Å². The summed E-state index contributed by atoms with van der Waals surface area (Å²) in [5.41, 5.74) is 6.25. The van der Waals surface area contributed by atoms with Crippen molar-refractivity contribution in [3.8, 4) is 22.9 Å². The maximum absolute atomic E-state index is 6.08. The van der Waals surface area contributed by atoms with Crippen molar-refractivity contribution in [3.63, 3.8) is 0 Å². The molecule has 5 heteroatoms. The number of aromatic nitrogens is 3. The summed E-state index contributed by atoms with van der Waals surface area (Å²) in [7, 11) is 0. The zero-order chi connectivity index (χ0) is 18.4. The van der Waals surface area contributed by atoms with Gasteiger partial charge in [0.05, 0.1) is 17.3 Å². The van der Waals surface area contributed by atoms with E-state index in [1.54, 1.807) is 12.5 Å². The fourth-order valence-corrected chi connectivity index (χ4v) is 3.60.